The van der Waals surface area contributed by atoms with Gasteiger partial charge in [-0.1, -0.05) is 181 Å². The minimum atomic E-state index is -0.220. The van der Waals surface area contributed by atoms with E-state index in [1.807, 2.05) is 0 Å². The van der Waals surface area contributed by atoms with E-state index in [-0.39, 0.29) is 39.2 Å². The summed E-state index contributed by atoms with van der Waals surface area (Å²) in [6.07, 6.45) is 3.46. The smallest absolute Gasteiger partial charge is 0.252 e. The SMILES string of the molecule is Cc1cc2c3c(c1)N(c1ccc(C(C)(C)C)cc1-c1ccccc1)c1cc4c(cc1B3c1ccc(C(C)(C)c3ccccc3)cc1N2c1cc2c(cc1C)C(C)(C)CC2(C)C)C(C)(C)CCC4(C)C. The van der Waals surface area contributed by atoms with Gasteiger partial charge in [-0.25, -0.2) is 0 Å². The fourth-order valence-corrected chi connectivity index (χ4v) is 13.5. The topological polar surface area (TPSA) is 6.48 Å². The van der Waals surface area contributed by atoms with Crippen LogP contribution < -0.4 is 26.2 Å². The van der Waals surface area contributed by atoms with Crippen LogP contribution in [-0.2, 0) is 32.5 Å². The Morgan fingerprint density at radius 1 is 0.435 bits per heavy atom. The zero-order valence-corrected chi connectivity index (χ0v) is 44.3. The fourth-order valence-electron chi connectivity index (χ4n) is 13.5. The Hall–Kier alpha value is -5.80. The van der Waals surface area contributed by atoms with Crippen LogP contribution in [0.25, 0.3) is 11.1 Å². The first-order chi connectivity index (χ1) is 32.4. The Labute approximate surface area is 415 Å². The predicted octanol–water partition coefficient (Wildman–Crippen LogP) is 16.0. The Morgan fingerprint density at radius 2 is 0.957 bits per heavy atom. The lowest BCUT2D eigenvalue weighted by molar-refractivity contribution is 0.332. The number of nitrogens with zero attached hydrogens (tertiary/aromatic N) is 2. The third-order valence-corrected chi connectivity index (χ3v) is 17.5. The molecule has 69 heavy (non-hydrogen) atoms. The number of hydrogen-bond donors (Lipinski definition) is 0. The second-order valence-electron chi connectivity index (χ2n) is 25.8. The Bertz CT molecular complexity index is 3230. The van der Waals surface area contributed by atoms with E-state index < -0.39 is 0 Å². The zero-order chi connectivity index (χ0) is 49.0. The second-order valence-corrected chi connectivity index (χ2v) is 25.8. The Kier molecular flexibility index (Phi) is 9.99. The minimum Gasteiger partial charge on any atom is -0.311 e. The van der Waals surface area contributed by atoms with Crippen LogP contribution in [0, 0.1) is 13.8 Å². The van der Waals surface area contributed by atoms with E-state index in [1.165, 1.54) is 118 Å². The summed E-state index contributed by atoms with van der Waals surface area (Å²) in [6, 6.07) is 52.6. The third kappa shape index (κ3) is 7.02. The molecule has 350 valence electrons. The van der Waals surface area contributed by atoms with Crippen molar-refractivity contribution in [3.63, 3.8) is 0 Å². The molecule has 7 aromatic carbocycles. The molecule has 0 amide bonds. The minimum absolute atomic E-state index is 0.0141. The van der Waals surface area contributed by atoms with E-state index in [4.69, 9.17) is 0 Å². The van der Waals surface area contributed by atoms with Gasteiger partial charge in [-0.2, -0.15) is 0 Å². The number of fused-ring (bicyclic) bond motifs is 6. The number of aryl methyl sites for hydroxylation is 2. The van der Waals surface area contributed by atoms with Gasteiger partial charge in [0, 0.05) is 39.4 Å². The lowest BCUT2D eigenvalue weighted by atomic mass is 9.33. The molecule has 2 aliphatic heterocycles. The number of benzene rings is 7. The van der Waals surface area contributed by atoms with Crippen LogP contribution in [0.5, 0.6) is 0 Å². The Balaban J connectivity index is 1.27. The fraction of sp³-hybridized carbons (Fsp3) is 0.364. The van der Waals surface area contributed by atoms with Gasteiger partial charge >= 0.3 is 0 Å². The maximum atomic E-state index is 2.70. The number of rotatable bonds is 5. The van der Waals surface area contributed by atoms with E-state index in [0.29, 0.717) is 0 Å². The molecule has 0 N–H and O–H groups in total. The van der Waals surface area contributed by atoms with Crippen molar-refractivity contribution in [2.24, 2.45) is 0 Å². The highest BCUT2D eigenvalue weighted by molar-refractivity contribution is 7.00. The van der Waals surface area contributed by atoms with Gasteiger partial charge in [0.15, 0.2) is 0 Å². The molecule has 2 heterocycles. The quantitative estimate of drug-likeness (QED) is 0.159. The molecule has 0 radical (unpaired) electrons. The van der Waals surface area contributed by atoms with E-state index in [0.717, 1.165) is 12.8 Å². The average molecular weight is 905 g/mol. The summed E-state index contributed by atoms with van der Waals surface area (Å²) in [7, 11) is 0. The standard InChI is InChI=1S/C66H73BN2/c1-41-32-58-60-59(33-41)69(55-38-51-48(34-42(55)2)64(10,11)40-65(51,12)13)56-36-46(66(14,15)44-24-20-17-21-25-44)26-28-52(56)67(60)53-37-49-50(63(8,9)31-30-62(49,6)7)39-57(53)68(58)54-29-27-45(61(3,4)5)35-47(54)43-22-18-16-19-23-43/h16-29,32-39H,30-31,40H2,1-15H3. The molecular weight excluding hydrogens is 832 g/mol. The van der Waals surface area contributed by atoms with Crippen LogP contribution in [0.4, 0.5) is 34.1 Å². The van der Waals surface area contributed by atoms with Crippen molar-refractivity contribution >= 4 is 57.2 Å². The molecule has 0 fully saturated rings. The van der Waals surface area contributed by atoms with Crippen molar-refractivity contribution in [1.29, 1.82) is 0 Å². The van der Waals surface area contributed by atoms with Crippen molar-refractivity contribution in [3.8, 4) is 11.1 Å². The normalized spacial score (nSPS) is 18.0. The average Bonchev–Trinajstić information content (AvgIpc) is 3.48. The van der Waals surface area contributed by atoms with Crippen LogP contribution >= 0.6 is 0 Å². The molecule has 2 nitrogen and oxygen atoms in total. The van der Waals surface area contributed by atoms with Crippen molar-refractivity contribution in [2.75, 3.05) is 9.80 Å². The lowest BCUT2D eigenvalue weighted by Crippen LogP contribution is -2.62. The Morgan fingerprint density at radius 3 is 1.58 bits per heavy atom. The highest BCUT2D eigenvalue weighted by Gasteiger charge is 2.48. The molecule has 0 bridgehead atoms. The summed E-state index contributed by atoms with van der Waals surface area (Å²) >= 11 is 0. The molecule has 0 aromatic heterocycles. The van der Waals surface area contributed by atoms with Gasteiger partial charge in [-0.3, -0.25) is 0 Å². The largest absolute Gasteiger partial charge is 0.311 e. The number of anilines is 6. The van der Waals surface area contributed by atoms with Crippen LogP contribution in [0.1, 0.15) is 159 Å². The summed E-state index contributed by atoms with van der Waals surface area (Å²) in [5, 5.41) is 0. The van der Waals surface area contributed by atoms with Crippen LogP contribution in [0.15, 0.2) is 133 Å². The van der Waals surface area contributed by atoms with Gasteiger partial charge in [-0.15, -0.1) is 0 Å². The molecule has 0 unspecified atom stereocenters. The van der Waals surface area contributed by atoms with Crippen molar-refractivity contribution in [1.82, 2.24) is 0 Å². The first-order valence-electron chi connectivity index (χ1n) is 25.9. The van der Waals surface area contributed by atoms with Crippen LogP contribution in [0.2, 0.25) is 0 Å². The van der Waals surface area contributed by atoms with E-state index in [9.17, 15) is 0 Å². The molecule has 0 spiro atoms. The maximum absolute atomic E-state index is 2.70. The van der Waals surface area contributed by atoms with E-state index in [1.54, 1.807) is 0 Å². The summed E-state index contributed by atoms with van der Waals surface area (Å²) in [6.45, 7) is 36.3. The number of hydrogen-bond acceptors (Lipinski definition) is 2. The zero-order valence-electron chi connectivity index (χ0n) is 44.3. The van der Waals surface area contributed by atoms with Gasteiger partial charge in [-0.05, 0) is 175 Å². The van der Waals surface area contributed by atoms with Gasteiger partial charge in [0.05, 0.1) is 5.69 Å². The molecular formula is C66H73BN2. The monoisotopic (exact) mass is 905 g/mol. The molecule has 3 heteroatoms. The van der Waals surface area contributed by atoms with Gasteiger partial charge in [0.2, 0.25) is 0 Å². The highest BCUT2D eigenvalue weighted by Crippen LogP contribution is 2.55. The molecule has 0 saturated carbocycles. The highest BCUT2D eigenvalue weighted by atomic mass is 15.2. The summed E-state index contributed by atoms with van der Waals surface area (Å²) < 4.78 is 0. The summed E-state index contributed by atoms with van der Waals surface area (Å²) in [4.78, 5) is 5.40. The van der Waals surface area contributed by atoms with E-state index >= 15 is 0 Å². The molecule has 0 saturated heterocycles. The summed E-state index contributed by atoms with van der Waals surface area (Å²) in [5.74, 6) is 0. The second kappa shape index (κ2) is 15.1. The predicted molar refractivity (Wildman–Crippen MR) is 299 cm³/mol. The van der Waals surface area contributed by atoms with Crippen LogP contribution in [0.3, 0.4) is 0 Å². The molecule has 0 atom stereocenters. The first kappa shape index (κ1) is 45.6. The third-order valence-electron chi connectivity index (χ3n) is 17.5. The lowest BCUT2D eigenvalue weighted by Gasteiger charge is -2.48. The molecule has 7 aromatic rings. The maximum Gasteiger partial charge on any atom is 0.252 e. The molecule has 11 rings (SSSR count). The molecule has 4 aliphatic rings. The van der Waals surface area contributed by atoms with Crippen molar-refractivity contribution in [3.05, 3.63) is 184 Å². The van der Waals surface area contributed by atoms with Gasteiger partial charge < -0.3 is 9.80 Å². The van der Waals surface area contributed by atoms with Crippen LogP contribution in [-0.4, -0.2) is 6.71 Å². The molecule has 2 aliphatic carbocycles. The van der Waals surface area contributed by atoms with Gasteiger partial charge in [0.1, 0.15) is 0 Å². The first-order valence-corrected chi connectivity index (χ1v) is 25.9. The van der Waals surface area contributed by atoms with Crippen molar-refractivity contribution < 1.29 is 0 Å². The summed E-state index contributed by atoms with van der Waals surface area (Å²) in [5.41, 5.74) is 26.9. The van der Waals surface area contributed by atoms with E-state index in [2.05, 4.69) is 247 Å². The van der Waals surface area contributed by atoms with Crippen molar-refractivity contribution in [2.45, 2.75) is 156 Å². The van der Waals surface area contributed by atoms with Gasteiger partial charge in [0.25, 0.3) is 6.71 Å².